The monoisotopic (exact) mass is 462 g/mol. The van der Waals surface area contributed by atoms with Gasteiger partial charge >= 0.3 is 18.0 Å². The van der Waals surface area contributed by atoms with Crippen LogP contribution in [0.5, 0.6) is 0 Å². The van der Waals surface area contributed by atoms with Crippen LogP contribution in [-0.2, 0) is 17.8 Å². The molecule has 1 saturated carbocycles. The van der Waals surface area contributed by atoms with Gasteiger partial charge < -0.3 is 4.74 Å². The number of aromatic nitrogens is 2. The van der Waals surface area contributed by atoms with Crippen molar-refractivity contribution in [3.63, 3.8) is 0 Å². The van der Waals surface area contributed by atoms with E-state index < -0.39 is 41.7 Å². The molecule has 0 radical (unpaired) electrons. The first kappa shape index (κ1) is 23.3. The van der Waals surface area contributed by atoms with Crippen LogP contribution >= 0.6 is 11.3 Å². The van der Waals surface area contributed by atoms with Crippen molar-refractivity contribution >= 4 is 27.6 Å². The number of thiophene rings is 1. The normalized spacial score (nSPS) is 19.0. The van der Waals surface area contributed by atoms with Crippen LogP contribution in [0.25, 0.3) is 10.2 Å². The highest BCUT2D eigenvalue weighted by Crippen LogP contribution is 2.41. The molecule has 1 aliphatic carbocycles. The standard InChI is InChI=1S/C19H25F3N4O4S/c1-9-6-11(9)26-14(27)13-10(2)12(7-23-24-16(28)30-18(3,4)5)31-15(13)25(17(26)29)8-19(20,21)22/h9,11,23H,6-8H2,1-5H3,(H,24,28)/t9-,11-/m0/s1. The Morgan fingerprint density at radius 1 is 1.26 bits per heavy atom. The van der Waals surface area contributed by atoms with Gasteiger partial charge in [0, 0.05) is 17.5 Å². The first-order valence-corrected chi connectivity index (χ1v) is 10.6. The van der Waals surface area contributed by atoms with Crippen molar-refractivity contribution in [2.75, 3.05) is 0 Å². The summed E-state index contributed by atoms with van der Waals surface area (Å²) in [5.74, 6) is 0.0558. The molecule has 2 aromatic heterocycles. The van der Waals surface area contributed by atoms with Gasteiger partial charge in [0.25, 0.3) is 5.56 Å². The van der Waals surface area contributed by atoms with E-state index in [2.05, 4.69) is 10.9 Å². The van der Waals surface area contributed by atoms with Crippen LogP contribution in [0, 0.1) is 12.8 Å². The zero-order valence-electron chi connectivity index (χ0n) is 17.8. The van der Waals surface area contributed by atoms with Gasteiger partial charge in [-0.15, -0.1) is 11.3 Å². The Hall–Kier alpha value is -2.34. The maximum atomic E-state index is 13.2. The maximum Gasteiger partial charge on any atom is 0.422 e. The van der Waals surface area contributed by atoms with Crippen LogP contribution in [0.3, 0.4) is 0 Å². The lowest BCUT2D eigenvalue weighted by Crippen LogP contribution is -2.41. The van der Waals surface area contributed by atoms with Crippen LogP contribution in [0.1, 0.15) is 50.6 Å². The van der Waals surface area contributed by atoms with Crippen molar-refractivity contribution < 1.29 is 22.7 Å². The van der Waals surface area contributed by atoms with E-state index in [9.17, 15) is 27.6 Å². The van der Waals surface area contributed by atoms with Crippen molar-refractivity contribution in [3.8, 4) is 0 Å². The highest BCUT2D eigenvalue weighted by atomic mass is 32.1. The third-order valence-electron chi connectivity index (χ3n) is 4.92. The van der Waals surface area contributed by atoms with Crippen molar-refractivity contribution in [1.82, 2.24) is 20.0 Å². The van der Waals surface area contributed by atoms with Gasteiger partial charge in [-0.25, -0.2) is 15.0 Å². The number of nitrogens with one attached hydrogen (secondary N) is 2. The fourth-order valence-electron chi connectivity index (χ4n) is 3.35. The summed E-state index contributed by atoms with van der Waals surface area (Å²) in [7, 11) is 0. The van der Waals surface area contributed by atoms with E-state index in [4.69, 9.17) is 4.74 Å². The molecule has 0 aromatic carbocycles. The van der Waals surface area contributed by atoms with Crippen LogP contribution in [-0.4, -0.2) is 27.0 Å². The molecule has 8 nitrogen and oxygen atoms in total. The molecule has 1 amide bonds. The lowest BCUT2D eigenvalue weighted by atomic mass is 10.2. The van der Waals surface area contributed by atoms with Crippen LogP contribution < -0.4 is 22.1 Å². The average molecular weight is 462 g/mol. The number of hydrazine groups is 1. The number of carbonyl (C=O) groups is 1. The summed E-state index contributed by atoms with van der Waals surface area (Å²) in [4.78, 5) is 38.1. The molecular weight excluding hydrogens is 437 g/mol. The van der Waals surface area contributed by atoms with Crippen LogP contribution in [0.4, 0.5) is 18.0 Å². The van der Waals surface area contributed by atoms with E-state index >= 15 is 0 Å². The lowest BCUT2D eigenvalue weighted by Gasteiger charge is -2.19. The number of alkyl halides is 3. The molecule has 2 atom stereocenters. The minimum Gasteiger partial charge on any atom is -0.443 e. The number of ether oxygens (including phenoxy) is 1. The first-order chi connectivity index (χ1) is 14.2. The van der Waals surface area contributed by atoms with E-state index in [-0.39, 0.29) is 22.7 Å². The van der Waals surface area contributed by atoms with Gasteiger partial charge in [0.05, 0.1) is 5.39 Å². The summed E-state index contributed by atoms with van der Waals surface area (Å²) >= 11 is 0.921. The molecule has 2 heterocycles. The van der Waals surface area contributed by atoms with Gasteiger partial charge in [-0.1, -0.05) is 6.92 Å². The second-order valence-corrected chi connectivity index (χ2v) is 9.83. The number of halogens is 3. The summed E-state index contributed by atoms with van der Waals surface area (Å²) in [6.45, 7) is 7.13. The minimum absolute atomic E-state index is 0.0246. The summed E-state index contributed by atoms with van der Waals surface area (Å²) in [6.07, 6.45) is -4.77. The van der Waals surface area contributed by atoms with Crippen molar-refractivity contribution in [2.45, 2.75) is 71.9 Å². The number of aryl methyl sites for hydroxylation is 1. The molecule has 0 spiro atoms. The van der Waals surface area contributed by atoms with E-state index in [1.54, 1.807) is 27.7 Å². The molecule has 3 rings (SSSR count). The third kappa shape index (κ3) is 5.12. The van der Waals surface area contributed by atoms with Crippen LogP contribution in [0.2, 0.25) is 0 Å². The molecule has 12 heteroatoms. The minimum atomic E-state index is -4.62. The second kappa shape index (κ2) is 7.97. The Morgan fingerprint density at radius 3 is 2.39 bits per heavy atom. The predicted octanol–water partition coefficient (Wildman–Crippen LogP) is 3.21. The van der Waals surface area contributed by atoms with Gasteiger partial charge in [0.2, 0.25) is 0 Å². The third-order valence-corrected chi connectivity index (χ3v) is 6.23. The molecule has 31 heavy (non-hydrogen) atoms. The number of nitrogens with zero attached hydrogens (tertiary/aromatic N) is 2. The molecule has 1 aliphatic rings. The SMILES string of the molecule is Cc1c(CNNC(=O)OC(C)(C)C)sc2c1c(=O)n([C@H]1C[C@@H]1C)c(=O)n2CC(F)(F)F. The fourth-order valence-corrected chi connectivity index (χ4v) is 4.58. The van der Waals surface area contributed by atoms with Crippen molar-refractivity contribution in [1.29, 1.82) is 0 Å². The highest BCUT2D eigenvalue weighted by molar-refractivity contribution is 7.18. The van der Waals surface area contributed by atoms with Crippen LogP contribution in [0.15, 0.2) is 9.59 Å². The highest BCUT2D eigenvalue weighted by Gasteiger charge is 2.39. The zero-order valence-corrected chi connectivity index (χ0v) is 18.7. The van der Waals surface area contributed by atoms with Gasteiger partial charge in [0.15, 0.2) is 0 Å². The number of fused-ring (bicyclic) bond motifs is 1. The van der Waals surface area contributed by atoms with Crippen molar-refractivity contribution in [2.24, 2.45) is 5.92 Å². The maximum absolute atomic E-state index is 13.2. The zero-order chi connectivity index (χ0) is 23.3. The smallest absolute Gasteiger partial charge is 0.422 e. The number of hydrogen-bond donors (Lipinski definition) is 2. The summed E-state index contributed by atoms with van der Waals surface area (Å²) in [5.41, 5.74) is 3.25. The molecule has 2 N–H and O–H groups in total. The largest absolute Gasteiger partial charge is 0.443 e. The van der Waals surface area contributed by atoms with E-state index in [1.807, 2.05) is 6.92 Å². The Kier molecular flexibility index (Phi) is 6.00. The molecule has 0 aliphatic heterocycles. The van der Waals surface area contributed by atoms with E-state index in [0.717, 1.165) is 15.9 Å². The number of rotatable bonds is 5. The van der Waals surface area contributed by atoms with E-state index in [0.29, 0.717) is 21.4 Å². The Bertz CT molecular complexity index is 1130. The Labute approximate surface area is 180 Å². The molecule has 172 valence electrons. The summed E-state index contributed by atoms with van der Waals surface area (Å²) in [5, 5.41) is 0.0991. The first-order valence-electron chi connectivity index (χ1n) is 9.75. The van der Waals surface area contributed by atoms with Gasteiger partial charge in [0.1, 0.15) is 17.0 Å². The second-order valence-electron chi connectivity index (χ2n) is 8.75. The van der Waals surface area contributed by atoms with Gasteiger partial charge in [-0.3, -0.25) is 19.4 Å². The quantitative estimate of drug-likeness (QED) is 0.666. The molecule has 2 aromatic rings. The fraction of sp³-hybridized carbons (Fsp3) is 0.632. The molecular formula is C19H25F3N4O4S. The number of hydrogen-bond acceptors (Lipinski definition) is 6. The summed E-state index contributed by atoms with van der Waals surface area (Å²) < 4.78 is 46.3. The Balaban J connectivity index is 1.99. The number of amides is 1. The Morgan fingerprint density at radius 2 is 1.87 bits per heavy atom. The molecule has 0 bridgehead atoms. The molecule has 0 unspecified atom stereocenters. The topological polar surface area (TPSA) is 94.4 Å². The van der Waals surface area contributed by atoms with E-state index in [1.165, 1.54) is 0 Å². The predicted molar refractivity (Wildman–Crippen MR) is 110 cm³/mol. The molecule has 1 fully saturated rings. The summed E-state index contributed by atoms with van der Waals surface area (Å²) in [6, 6.07) is -0.390. The molecule has 0 saturated heterocycles. The lowest BCUT2D eigenvalue weighted by molar-refractivity contribution is -0.140. The van der Waals surface area contributed by atoms with Crippen molar-refractivity contribution in [3.05, 3.63) is 31.3 Å². The number of carbonyl (C=O) groups excluding carboxylic acids is 1. The average Bonchev–Trinajstić information content (AvgIpc) is 3.20. The van der Waals surface area contributed by atoms with Gasteiger partial charge in [-0.2, -0.15) is 13.2 Å². The van der Waals surface area contributed by atoms with Gasteiger partial charge in [-0.05, 0) is 45.6 Å².